The third-order valence-electron chi connectivity index (χ3n) is 2.03. The fourth-order valence-electron chi connectivity index (χ4n) is 1.08. The van der Waals surface area contributed by atoms with Crippen molar-refractivity contribution in [2.24, 2.45) is 5.41 Å². The Morgan fingerprint density at radius 3 is 2.43 bits per heavy atom. The minimum atomic E-state index is 0.413. The number of benzene rings is 1. The van der Waals surface area contributed by atoms with E-state index >= 15 is 0 Å². The van der Waals surface area contributed by atoms with Gasteiger partial charge in [-0.2, -0.15) is 0 Å². The Morgan fingerprint density at radius 2 is 1.86 bits per heavy atom. The number of hydrogen-bond acceptors (Lipinski definition) is 2. The van der Waals surface area contributed by atoms with Crippen molar-refractivity contribution in [1.29, 1.82) is 0 Å². The van der Waals surface area contributed by atoms with Crippen LogP contribution in [0.25, 0.3) is 0 Å². The molecule has 0 saturated carbocycles. The molecule has 0 atom stereocenters. The summed E-state index contributed by atoms with van der Waals surface area (Å²) in [5, 5.41) is 0. The Balaban J connectivity index is 2.43. The standard InChI is InChI=1S/C12H19NS/c1-12(2,3)8-9-14-11-7-5-4-6-10(11)13/h4-7H,8-9,13H2,1-3H3. The van der Waals surface area contributed by atoms with Crippen molar-refractivity contribution >= 4 is 17.4 Å². The van der Waals surface area contributed by atoms with Crippen molar-refractivity contribution in [3.05, 3.63) is 24.3 Å². The van der Waals surface area contributed by atoms with Gasteiger partial charge in [0.05, 0.1) is 0 Å². The third-order valence-corrected chi connectivity index (χ3v) is 3.12. The molecule has 0 unspecified atom stereocenters. The highest BCUT2D eigenvalue weighted by Crippen LogP contribution is 2.28. The van der Waals surface area contributed by atoms with Crippen LogP contribution in [-0.4, -0.2) is 5.75 Å². The van der Waals surface area contributed by atoms with Crippen molar-refractivity contribution in [1.82, 2.24) is 0 Å². The molecule has 0 aliphatic rings. The van der Waals surface area contributed by atoms with Crippen molar-refractivity contribution in [3.8, 4) is 0 Å². The molecular formula is C12H19NS. The lowest BCUT2D eigenvalue weighted by atomic mass is 9.94. The molecule has 0 aliphatic heterocycles. The summed E-state index contributed by atoms with van der Waals surface area (Å²) < 4.78 is 0. The molecule has 0 aromatic heterocycles. The molecule has 0 fully saturated rings. The van der Waals surface area contributed by atoms with Crippen LogP contribution in [0, 0.1) is 5.41 Å². The summed E-state index contributed by atoms with van der Waals surface area (Å²) in [4.78, 5) is 1.21. The van der Waals surface area contributed by atoms with E-state index < -0.39 is 0 Å². The van der Waals surface area contributed by atoms with Crippen LogP contribution >= 0.6 is 11.8 Å². The first kappa shape index (κ1) is 11.4. The molecule has 0 amide bonds. The molecule has 0 bridgehead atoms. The van der Waals surface area contributed by atoms with E-state index in [2.05, 4.69) is 26.8 Å². The predicted octanol–water partition coefficient (Wildman–Crippen LogP) is 3.80. The monoisotopic (exact) mass is 209 g/mol. The van der Waals surface area contributed by atoms with E-state index in [0.29, 0.717) is 5.41 Å². The van der Waals surface area contributed by atoms with Crippen LogP contribution in [0.15, 0.2) is 29.2 Å². The van der Waals surface area contributed by atoms with E-state index in [4.69, 9.17) is 5.73 Å². The minimum Gasteiger partial charge on any atom is -0.398 e. The topological polar surface area (TPSA) is 26.0 Å². The van der Waals surface area contributed by atoms with Crippen molar-refractivity contribution in [2.45, 2.75) is 32.1 Å². The van der Waals surface area contributed by atoms with Gasteiger partial charge in [-0.15, -0.1) is 11.8 Å². The van der Waals surface area contributed by atoms with Crippen LogP contribution in [-0.2, 0) is 0 Å². The predicted molar refractivity (Wildman–Crippen MR) is 65.7 cm³/mol. The van der Waals surface area contributed by atoms with E-state index in [1.165, 1.54) is 11.3 Å². The number of rotatable bonds is 3. The Bertz CT molecular complexity index is 289. The van der Waals surface area contributed by atoms with Gasteiger partial charge in [0, 0.05) is 10.6 Å². The van der Waals surface area contributed by atoms with Crippen LogP contribution < -0.4 is 5.73 Å². The fraction of sp³-hybridized carbons (Fsp3) is 0.500. The number of nitrogens with two attached hydrogens (primary N) is 1. The molecule has 2 N–H and O–H groups in total. The van der Waals surface area contributed by atoms with Crippen molar-refractivity contribution in [3.63, 3.8) is 0 Å². The van der Waals surface area contributed by atoms with Crippen LogP contribution in [0.3, 0.4) is 0 Å². The van der Waals surface area contributed by atoms with E-state index in [-0.39, 0.29) is 0 Å². The fourth-order valence-corrected chi connectivity index (χ4v) is 2.42. The van der Waals surface area contributed by atoms with Gasteiger partial charge in [-0.25, -0.2) is 0 Å². The number of thioether (sulfide) groups is 1. The zero-order chi connectivity index (χ0) is 10.6. The van der Waals surface area contributed by atoms with Gasteiger partial charge in [0.1, 0.15) is 0 Å². The van der Waals surface area contributed by atoms with Gasteiger partial charge in [0.2, 0.25) is 0 Å². The Hall–Kier alpha value is -0.630. The first-order valence-corrected chi connectivity index (χ1v) is 5.95. The van der Waals surface area contributed by atoms with Crippen LogP contribution in [0.1, 0.15) is 27.2 Å². The lowest BCUT2D eigenvalue weighted by molar-refractivity contribution is 0.401. The zero-order valence-electron chi connectivity index (χ0n) is 9.21. The maximum absolute atomic E-state index is 5.85. The van der Waals surface area contributed by atoms with E-state index in [9.17, 15) is 0 Å². The summed E-state index contributed by atoms with van der Waals surface area (Å²) in [6.07, 6.45) is 1.21. The molecule has 1 nitrogen and oxygen atoms in total. The SMILES string of the molecule is CC(C)(C)CCSc1ccccc1N. The van der Waals surface area contributed by atoms with Gasteiger partial charge in [-0.05, 0) is 29.7 Å². The molecule has 1 aromatic carbocycles. The first-order chi connectivity index (χ1) is 6.49. The molecule has 14 heavy (non-hydrogen) atoms. The second-order valence-corrected chi connectivity index (χ2v) is 5.83. The van der Waals surface area contributed by atoms with E-state index in [1.54, 1.807) is 0 Å². The molecule has 2 heteroatoms. The molecule has 1 rings (SSSR count). The van der Waals surface area contributed by atoms with Crippen LogP contribution in [0.4, 0.5) is 5.69 Å². The number of para-hydroxylation sites is 1. The lowest BCUT2D eigenvalue weighted by Gasteiger charge is -2.17. The average Bonchev–Trinajstić information content (AvgIpc) is 2.06. The number of hydrogen-bond donors (Lipinski definition) is 1. The lowest BCUT2D eigenvalue weighted by Crippen LogP contribution is -2.05. The molecule has 0 heterocycles. The molecule has 0 saturated heterocycles. The minimum absolute atomic E-state index is 0.413. The maximum atomic E-state index is 5.85. The molecule has 78 valence electrons. The van der Waals surface area contributed by atoms with Gasteiger partial charge in [0.25, 0.3) is 0 Å². The Kier molecular flexibility index (Phi) is 3.87. The highest BCUT2D eigenvalue weighted by Gasteiger charge is 2.09. The zero-order valence-corrected chi connectivity index (χ0v) is 10.0. The highest BCUT2D eigenvalue weighted by molar-refractivity contribution is 7.99. The quantitative estimate of drug-likeness (QED) is 0.605. The normalized spacial score (nSPS) is 11.6. The number of nitrogen functional groups attached to an aromatic ring is 1. The van der Waals surface area contributed by atoms with Gasteiger partial charge in [0.15, 0.2) is 0 Å². The molecule has 1 aromatic rings. The Morgan fingerprint density at radius 1 is 1.21 bits per heavy atom. The van der Waals surface area contributed by atoms with Gasteiger partial charge >= 0.3 is 0 Å². The second kappa shape index (κ2) is 4.74. The van der Waals surface area contributed by atoms with E-state index in [1.807, 2.05) is 30.0 Å². The summed E-state index contributed by atoms with van der Waals surface area (Å²) >= 11 is 1.85. The molecular weight excluding hydrogens is 190 g/mol. The van der Waals surface area contributed by atoms with Crippen LogP contribution in [0.5, 0.6) is 0 Å². The summed E-state index contributed by atoms with van der Waals surface area (Å²) in [6.45, 7) is 6.80. The average molecular weight is 209 g/mol. The molecule has 0 spiro atoms. The van der Waals surface area contributed by atoms with Gasteiger partial charge in [-0.1, -0.05) is 32.9 Å². The van der Waals surface area contributed by atoms with Crippen molar-refractivity contribution in [2.75, 3.05) is 11.5 Å². The number of anilines is 1. The first-order valence-electron chi connectivity index (χ1n) is 4.96. The maximum Gasteiger partial charge on any atom is 0.0452 e. The van der Waals surface area contributed by atoms with Crippen LogP contribution in [0.2, 0.25) is 0 Å². The Labute approximate surface area is 91.1 Å². The summed E-state index contributed by atoms with van der Waals surface area (Å²) in [6, 6.07) is 8.06. The second-order valence-electron chi connectivity index (χ2n) is 4.70. The van der Waals surface area contributed by atoms with Crippen molar-refractivity contribution < 1.29 is 0 Å². The molecule has 0 aliphatic carbocycles. The van der Waals surface area contributed by atoms with Gasteiger partial charge in [-0.3, -0.25) is 0 Å². The summed E-state index contributed by atoms with van der Waals surface area (Å²) in [5.74, 6) is 1.14. The highest BCUT2D eigenvalue weighted by atomic mass is 32.2. The third kappa shape index (κ3) is 4.05. The van der Waals surface area contributed by atoms with E-state index in [0.717, 1.165) is 11.4 Å². The molecule has 0 radical (unpaired) electrons. The largest absolute Gasteiger partial charge is 0.398 e. The smallest absolute Gasteiger partial charge is 0.0452 e. The van der Waals surface area contributed by atoms with Gasteiger partial charge < -0.3 is 5.73 Å². The summed E-state index contributed by atoms with van der Waals surface area (Å²) in [7, 11) is 0. The summed E-state index contributed by atoms with van der Waals surface area (Å²) in [5.41, 5.74) is 7.16.